The summed E-state index contributed by atoms with van der Waals surface area (Å²) in [4.78, 5) is 14.4. The van der Waals surface area contributed by atoms with E-state index < -0.39 is 0 Å². The third-order valence-electron chi connectivity index (χ3n) is 4.37. The van der Waals surface area contributed by atoms with Crippen molar-refractivity contribution >= 4 is 17.7 Å². The quantitative estimate of drug-likeness (QED) is 0.567. The highest BCUT2D eigenvalue weighted by molar-refractivity contribution is 8.00. The molecule has 1 atom stereocenters. The maximum atomic E-state index is 12.8. The smallest absolute Gasteiger partial charge is 0.240 e. The molecule has 6 nitrogen and oxygen atoms in total. The second kappa shape index (κ2) is 8.93. The number of ether oxygens (including phenoxy) is 1. The molecule has 0 saturated carbocycles. The van der Waals surface area contributed by atoms with E-state index in [-0.39, 0.29) is 11.2 Å². The summed E-state index contributed by atoms with van der Waals surface area (Å²) in [5.74, 6) is 1.59. The lowest BCUT2D eigenvalue weighted by Crippen LogP contribution is -2.27. The third-order valence-corrected chi connectivity index (χ3v) is 5.59. The van der Waals surface area contributed by atoms with Gasteiger partial charge in [-0.25, -0.2) is 0 Å². The van der Waals surface area contributed by atoms with Crippen molar-refractivity contribution in [3.63, 3.8) is 0 Å². The molecule has 2 aromatic carbocycles. The fourth-order valence-corrected chi connectivity index (χ4v) is 4.09. The van der Waals surface area contributed by atoms with E-state index in [1.54, 1.807) is 26.1 Å². The molecule has 3 rings (SSSR count). The number of hydrogen-bond donors (Lipinski definition) is 0. The summed E-state index contributed by atoms with van der Waals surface area (Å²) in [6.45, 7) is 2.75. The molecule has 0 bridgehead atoms. The molecule has 0 saturated heterocycles. The largest absolute Gasteiger partial charge is 0.497 e. The van der Waals surface area contributed by atoms with Gasteiger partial charge in [-0.2, -0.15) is 0 Å². The summed E-state index contributed by atoms with van der Waals surface area (Å²) in [6, 6.07) is 17.5. The van der Waals surface area contributed by atoms with Crippen molar-refractivity contribution in [2.45, 2.75) is 23.9 Å². The van der Waals surface area contributed by atoms with Crippen LogP contribution >= 0.6 is 11.8 Å². The predicted octanol–water partition coefficient (Wildman–Crippen LogP) is 3.90. The van der Waals surface area contributed by atoms with Crippen molar-refractivity contribution < 1.29 is 9.53 Å². The van der Waals surface area contributed by atoms with Gasteiger partial charge in [0.1, 0.15) is 11.0 Å². The Kier molecular flexibility index (Phi) is 6.36. The molecule has 3 aromatic rings. The molecule has 0 radical (unpaired) electrons. The highest BCUT2D eigenvalue weighted by Gasteiger charge is 2.26. The first-order valence-corrected chi connectivity index (χ1v) is 9.93. The van der Waals surface area contributed by atoms with Gasteiger partial charge in [0.25, 0.3) is 0 Å². The number of benzene rings is 2. The van der Waals surface area contributed by atoms with Crippen LogP contribution < -0.4 is 4.74 Å². The molecule has 7 heteroatoms. The number of carbonyl (C=O) groups excluding carboxylic acids is 1. The first-order valence-electron chi connectivity index (χ1n) is 9.05. The van der Waals surface area contributed by atoms with Crippen molar-refractivity contribution in [2.24, 2.45) is 0 Å². The Bertz CT molecular complexity index is 923. The first-order chi connectivity index (χ1) is 13.5. The van der Waals surface area contributed by atoms with Gasteiger partial charge in [-0.1, -0.05) is 42.1 Å². The maximum Gasteiger partial charge on any atom is 0.240 e. The molecular weight excluding hydrogens is 372 g/mol. The standard InChI is InChI=1S/C21H24N4O2S/c1-5-25-19(16-11-13-17(27-4)14-12-16)22-23-21(25)28-18(20(26)24(2)3)15-9-7-6-8-10-15/h6-14,18H,5H2,1-4H3. The molecule has 1 unspecified atom stereocenters. The first kappa shape index (κ1) is 19.9. The van der Waals surface area contributed by atoms with Crippen LogP contribution in [0.1, 0.15) is 17.7 Å². The van der Waals surface area contributed by atoms with E-state index in [0.717, 1.165) is 27.9 Å². The molecule has 1 aromatic heterocycles. The van der Waals surface area contributed by atoms with E-state index in [2.05, 4.69) is 10.2 Å². The Morgan fingerprint density at radius 1 is 1.11 bits per heavy atom. The van der Waals surface area contributed by atoms with Crippen LogP contribution in [0.4, 0.5) is 0 Å². The van der Waals surface area contributed by atoms with E-state index in [1.165, 1.54) is 11.8 Å². The molecule has 0 fully saturated rings. The fourth-order valence-electron chi connectivity index (χ4n) is 2.84. The van der Waals surface area contributed by atoms with Crippen LogP contribution in [0.15, 0.2) is 59.8 Å². The van der Waals surface area contributed by atoms with Gasteiger partial charge in [0.2, 0.25) is 5.91 Å². The minimum absolute atomic E-state index is 0.0212. The van der Waals surface area contributed by atoms with Gasteiger partial charge in [0, 0.05) is 26.2 Å². The number of hydrogen-bond acceptors (Lipinski definition) is 5. The lowest BCUT2D eigenvalue weighted by Gasteiger charge is -2.20. The summed E-state index contributed by atoms with van der Waals surface area (Å²) >= 11 is 1.43. The normalized spacial score (nSPS) is 11.9. The van der Waals surface area contributed by atoms with Crippen LogP contribution in [-0.2, 0) is 11.3 Å². The Balaban J connectivity index is 1.95. The van der Waals surface area contributed by atoms with Crippen LogP contribution in [0, 0.1) is 0 Å². The van der Waals surface area contributed by atoms with Crippen molar-refractivity contribution in [1.82, 2.24) is 19.7 Å². The monoisotopic (exact) mass is 396 g/mol. The van der Waals surface area contributed by atoms with Crippen molar-refractivity contribution in [3.8, 4) is 17.1 Å². The van der Waals surface area contributed by atoms with Crippen LogP contribution in [-0.4, -0.2) is 46.8 Å². The SMILES string of the molecule is CCn1c(SC(C(=O)N(C)C)c2ccccc2)nnc1-c1ccc(OC)cc1. The van der Waals surface area contributed by atoms with Gasteiger partial charge < -0.3 is 14.2 Å². The zero-order valence-electron chi connectivity index (χ0n) is 16.5. The zero-order chi connectivity index (χ0) is 20.1. The van der Waals surface area contributed by atoms with E-state index in [0.29, 0.717) is 6.54 Å². The van der Waals surface area contributed by atoms with Crippen LogP contribution in [0.5, 0.6) is 5.75 Å². The van der Waals surface area contributed by atoms with Gasteiger partial charge in [-0.05, 0) is 36.8 Å². The topological polar surface area (TPSA) is 60.2 Å². The minimum Gasteiger partial charge on any atom is -0.497 e. The minimum atomic E-state index is -0.380. The summed E-state index contributed by atoms with van der Waals surface area (Å²) in [5.41, 5.74) is 1.90. The van der Waals surface area contributed by atoms with Gasteiger partial charge in [-0.15, -0.1) is 10.2 Å². The average Bonchev–Trinajstić information content (AvgIpc) is 3.14. The lowest BCUT2D eigenvalue weighted by molar-refractivity contribution is -0.128. The van der Waals surface area contributed by atoms with Crippen LogP contribution in [0.3, 0.4) is 0 Å². The highest BCUT2D eigenvalue weighted by atomic mass is 32.2. The molecule has 0 aliphatic rings. The van der Waals surface area contributed by atoms with Gasteiger partial charge in [0.15, 0.2) is 11.0 Å². The molecule has 28 heavy (non-hydrogen) atoms. The summed E-state index contributed by atoms with van der Waals surface area (Å²) < 4.78 is 7.26. The Morgan fingerprint density at radius 3 is 2.36 bits per heavy atom. The number of likely N-dealkylation sites (N-methyl/N-ethyl adjacent to an activating group) is 1. The molecule has 0 spiro atoms. The van der Waals surface area contributed by atoms with Gasteiger partial charge in [0.05, 0.1) is 7.11 Å². The Morgan fingerprint density at radius 2 is 1.79 bits per heavy atom. The second-order valence-electron chi connectivity index (χ2n) is 6.42. The zero-order valence-corrected chi connectivity index (χ0v) is 17.3. The Hall–Kier alpha value is -2.80. The molecule has 0 aliphatic heterocycles. The molecule has 1 heterocycles. The highest BCUT2D eigenvalue weighted by Crippen LogP contribution is 2.37. The van der Waals surface area contributed by atoms with E-state index in [4.69, 9.17) is 4.74 Å². The molecular formula is C21H24N4O2S. The summed E-state index contributed by atoms with van der Waals surface area (Å²) in [5, 5.41) is 9.12. The number of thioether (sulfide) groups is 1. The lowest BCUT2D eigenvalue weighted by atomic mass is 10.1. The van der Waals surface area contributed by atoms with E-state index in [9.17, 15) is 4.79 Å². The molecule has 0 N–H and O–H groups in total. The second-order valence-corrected chi connectivity index (χ2v) is 7.49. The van der Waals surface area contributed by atoms with Crippen molar-refractivity contribution in [3.05, 3.63) is 60.2 Å². The van der Waals surface area contributed by atoms with Gasteiger partial charge >= 0.3 is 0 Å². The van der Waals surface area contributed by atoms with E-state index >= 15 is 0 Å². The van der Waals surface area contributed by atoms with E-state index in [1.807, 2.05) is 66.1 Å². The number of aromatic nitrogens is 3. The molecule has 1 amide bonds. The van der Waals surface area contributed by atoms with Crippen molar-refractivity contribution in [1.29, 1.82) is 0 Å². The van der Waals surface area contributed by atoms with Gasteiger partial charge in [-0.3, -0.25) is 4.79 Å². The summed E-state index contributed by atoms with van der Waals surface area (Å²) in [7, 11) is 5.18. The number of amides is 1. The Labute approximate surface area is 169 Å². The third kappa shape index (κ3) is 4.20. The number of nitrogens with zero attached hydrogens (tertiary/aromatic N) is 4. The fraction of sp³-hybridized carbons (Fsp3) is 0.286. The number of carbonyl (C=O) groups is 1. The predicted molar refractivity (Wildman–Crippen MR) is 111 cm³/mol. The van der Waals surface area contributed by atoms with Crippen LogP contribution in [0.25, 0.3) is 11.4 Å². The van der Waals surface area contributed by atoms with Crippen LogP contribution in [0.2, 0.25) is 0 Å². The number of methoxy groups -OCH3 is 1. The molecule has 146 valence electrons. The van der Waals surface area contributed by atoms with Crippen molar-refractivity contribution in [2.75, 3.05) is 21.2 Å². The number of rotatable bonds is 7. The summed E-state index contributed by atoms with van der Waals surface area (Å²) in [6.07, 6.45) is 0. The maximum absolute atomic E-state index is 12.8. The molecule has 0 aliphatic carbocycles. The average molecular weight is 397 g/mol.